The number of rotatable bonds is 4. The maximum absolute atomic E-state index is 12.0. The lowest BCUT2D eigenvalue weighted by Crippen LogP contribution is -2.20. The van der Waals surface area contributed by atoms with Gasteiger partial charge in [-0.3, -0.25) is 20.2 Å². The first kappa shape index (κ1) is 16.9. The molecular weight excluding hydrogens is 316 g/mol. The Labute approximate surface area is 136 Å². The molecule has 2 amide bonds. The third kappa shape index (κ3) is 3.83. The number of urea groups is 1. The maximum atomic E-state index is 12.0. The fraction of sp³-hybridized carbons (Fsp3) is 0.133. The van der Waals surface area contributed by atoms with Gasteiger partial charge < -0.3 is 10.6 Å². The molecule has 0 aliphatic heterocycles. The number of non-ortho nitro benzene ring substituents is 2. The smallest absolute Gasteiger partial charge is 0.307 e. The van der Waals surface area contributed by atoms with Crippen molar-refractivity contribution in [2.45, 2.75) is 13.8 Å². The van der Waals surface area contributed by atoms with Gasteiger partial charge in [-0.25, -0.2) is 4.79 Å². The summed E-state index contributed by atoms with van der Waals surface area (Å²) in [5.74, 6) is 0. The normalized spacial score (nSPS) is 10.1. The lowest BCUT2D eigenvalue weighted by molar-refractivity contribution is -0.385. The standard InChI is InChI=1S/C15H14N4O5/c1-9-7-11(18(21)22)3-5-13(9)16-15(20)17-14-6-4-12(19(23)24)8-10(14)2/h3-8H,1-2H3,(H2,16,17,20). The van der Waals surface area contributed by atoms with Gasteiger partial charge in [0.15, 0.2) is 0 Å². The van der Waals surface area contributed by atoms with Crippen molar-refractivity contribution in [1.82, 2.24) is 0 Å². The molecule has 0 saturated heterocycles. The molecule has 0 saturated carbocycles. The second-order valence-corrected chi connectivity index (χ2v) is 5.09. The van der Waals surface area contributed by atoms with Crippen LogP contribution in [0.5, 0.6) is 0 Å². The van der Waals surface area contributed by atoms with Crippen molar-refractivity contribution in [3.8, 4) is 0 Å². The van der Waals surface area contributed by atoms with E-state index in [-0.39, 0.29) is 11.4 Å². The Balaban J connectivity index is 2.11. The number of nitro groups is 2. The van der Waals surface area contributed by atoms with Crippen LogP contribution in [0, 0.1) is 34.1 Å². The van der Waals surface area contributed by atoms with Gasteiger partial charge in [-0.15, -0.1) is 0 Å². The summed E-state index contributed by atoms with van der Waals surface area (Å²) >= 11 is 0. The summed E-state index contributed by atoms with van der Waals surface area (Å²) in [6.45, 7) is 3.28. The number of carbonyl (C=O) groups is 1. The van der Waals surface area contributed by atoms with Gasteiger partial charge in [0.25, 0.3) is 11.4 Å². The average molecular weight is 330 g/mol. The van der Waals surface area contributed by atoms with E-state index < -0.39 is 15.9 Å². The molecule has 9 heteroatoms. The second-order valence-electron chi connectivity index (χ2n) is 5.09. The summed E-state index contributed by atoms with van der Waals surface area (Å²) in [6.07, 6.45) is 0. The number of benzene rings is 2. The Bertz CT molecular complexity index is 767. The highest BCUT2D eigenvalue weighted by molar-refractivity contribution is 6.00. The van der Waals surface area contributed by atoms with Crippen LogP contribution in [-0.2, 0) is 0 Å². The van der Waals surface area contributed by atoms with Gasteiger partial charge in [0, 0.05) is 35.6 Å². The third-order valence-corrected chi connectivity index (χ3v) is 3.34. The van der Waals surface area contributed by atoms with Crippen molar-refractivity contribution in [2.75, 3.05) is 10.6 Å². The first-order chi connectivity index (χ1) is 11.3. The molecule has 2 aromatic rings. The monoisotopic (exact) mass is 330 g/mol. The Morgan fingerprint density at radius 3 is 1.50 bits per heavy atom. The highest BCUT2D eigenvalue weighted by atomic mass is 16.6. The number of anilines is 2. The molecule has 0 heterocycles. The van der Waals surface area contributed by atoms with Crippen LogP contribution in [0.3, 0.4) is 0 Å². The van der Waals surface area contributed by atoms with Crippen LogP contribution in [0.1, 0.15) is 11.1 Å². The van der Waals surface area contributed by atoms with Gasteiger partial charge in [0.1, 0.15) is 0 Å². The van der Waals surface area contributed by atoms with E-state index in [9.17, 15) is 25.0 Å². The molecule has 2 N–H and O–H groups in total. The largest absolute Gasteiger partial charge is 0.323 e. The van der Waals surface area contributed by atoms with Crippen molar-refractivity contribution >= 4 is 28.8 Å². The minimum Gasteiger partial charge on any atom is -0.307 e. The first-order valence-electron chi connectivity index (χ1n) is 6.86. The minimum atomic E-state index is -0.552. The number of amides is 2. The van der Waals surface area contributed by atoms with E-state index in [0.717, 1.165) is 0 Å². The molecule has 9 nitrogen and oxygen atoms in total. The Morgan fingerprint density at radius 1 is 0.833 bits per heavy atom. The van der Waals surface area contributed by atoms with Crippen molar-refractivity contribution in [3.63, 3.8) is 0 Å². The van der Waals surface area contributed by atoms with Gasteiger partial charge in [-0.05, 0) is 37.1 Å². The summed E-state index contributed by atoms with van der Waals surface area (Å²) in [5, 5.41) is 26.6. The summed E-state index contributed by atoms with van der Waals surface area (Å²) in [5.41, 5.74) is 1.81. The van der Waals surface area contributed by atoms with Gasteiger partial charge in [-0.2, -0.15) is 0 Å². The van der Waals surface area contributed by atoms with Gasteiger partial charge in [-0.1, -0.05) is 0 Å². The zero-order valence-corrected chi connectivity index (χ0v) is 12.9. The van der Waals surface area contributed by atoms with Crippen LogP contribution in [0.2, 0.25) is 0 Å². The number of nitrogens with one attached hydrogen (secondary N) is 2. The molecule has 0 bridgehead atoms. The molecular formula is C15H14N4O5. The Morgan fingerprint density at radius 2 is 1.21 bits per heavy atom. The average Bonchev–Trinajstić information content (AvgIpc) is 2.50. The molecule has 0 fully saturated rings. The molecule has 2 aromatic carbocycles. The molecule has 0 atom stereocenters. The molecule has 124 valence electrons. The lowest BCUT2D eigenvalue weighted by atomic mass is 10.1. The summed E-state index contributed by atoms with van der Waals surface area (Å²) in [7, 11) is 0. The number of hydrogen-bond acceptors (Lipinski definition) is 5. The van der Waals surface area contributed by atoms with Crippen molar-refractivity contribution in [1.29, 1.82) is 0 Å². The molecule has 24 heavy (non-hydrogen) atoms. The number of nitro benzene ring substituents is 2. The molecule has 0 aliphatic rings. The summed E-state index contributed by atoms with van der Waals surface area (Å²) in [4.78, 5) is 32.4. The predicted octanol–water partition coefficient (Wildman–Crippen LogP) is 3.76. The number of carbonyl (C=O) groups excluding carboxylic acids is 1. The topological polar surface area (TPSA) is 127 Å². The van der Waals surface area contributed by atoms with Crippen LogP contribution in [0.4, 0.5) is 27.5 Å². The van der Waals surface area contributed by atoms with E-state index in [1.165, 1.54) is 36.4 Å². The van der Waals surface area contributed by atoms with Gasteiger partial charge >= 0.3 is 6.03 Å². The van der Waals surface area contributed by atoms with Crippen LogP contribution < -0.4 is 10.6 Å². The Kier molecular flexibility index (Phi) is 4.73. The number of aryl methyl sites for hydroxylation is 2. The minimum absolute atomic E-state index is 0.0651. The van der Waals surface area contributed by atoms with E-state index >= 15 is 0 Å². The summed E-state index contributed by atoms with van der Waals surface area (Å²) < 4.78 is 0. The third-order valence-electron chi connectivity index (χ3n) is 3.34. The summed E-state index contributed by atoms with van der Waals surface area (Å²) in [6, 6.07) is 7.62. The fourth-order valence-electron chi connectivity index (χ4n) is 2.08. The highest BCUT2D eigenvalue weighted by Crippen LogP contribution is 2.23. The highest BCUT2D eigenvalue weighted by Gasteiger charge is 2.12. The van der Waals surface area contributed by atoms with E-state index in [0.29, 0.717) is 22.5 Å². The first-order valence-corrected chi connectivity index (χ1v) is 6.86. The van der Waals surface area contributed by atoms with Crippen molar-refractivity contribution in [3.05, 3.63) is 67.8 Å². The van der Waals surface area contributed by atoms with Gasteiger partial charge in [0.2, 0.25) is 0 Å². The molecule has 0 spiro atoms. The molecule has 0 aliphatic carbocycles. The van der Waals surface area contributed by atoms with E-state index in [1.54, 1.807) is 13.8 Å². The van der Waals surface area contributed by atoms with E-state index in [1.807, 2.05) is 0 Å². The quantitative estimate of drug-likeness (QED) is 0.651. The molecule has 0 radical (unpaired) electrons. The van der Waals surface area contributed by atoms with Crippen LogP contribution in [0.25, 0.3) is 0 Å². The van der Waals surface area contributed by atoms with Crippen LogP contribution in [-0.4, -0.2) is 15.9 Å². The molecule has 0 aromatic heterocycles. The number of hydrogen-bond donors (Lipinski definition) is 2. The molecule has 0 unspecified atom stereocenters. The van der Waals surface area contributed by atoms with Crippen molar-refractivity contribution < 1.29 is 14.6 Å². The van der Waals surface area contributed by atoms with Crippen LogP contribution >= 0.6 is 0 Å². The fourth-order valence-corrected chi connectivity index (χ4v) is 2.08. The second kappa shape index (κ2) is 6.73. The zero-order valence-electron chi connectivity index (χ0n) is 12.9. The van der Waals surface area contributed by atoms with E-state index in [4.69, 9.17) is 0 Å². The Hall–Kier alpha value is -3.49. The lowest BCUT2D eigenvalue weighted by Gasteiger charge is -2.11. The maximum Gasteiger partial charge on any atom is 0.323 e. The van der Waals surface area contributed by atoms with Crippen molar-refractivity contribution in [2.24, 2.45) is 0 Å². The van der Waals surface area contributed by atoms with Crippen LogP contribution in [0.15, 0.2) is 36.4 Å². The van der Waals surface area contributed by atoms with E-state index in [2.05, 4.69) is 10.6 Å². The predicted molar refractivity (Wildman–Crippen MR) is 88.3 cm³/mol. The zero-order chi connectivity index (χ0) is 17.9. The molecule has 2 rings (SSSR count). The number of nitrogens with zero attached hydrogens (tertiary/aromatic N) is 2. The SMILES string of the molecule is Cc1cc([N+](=O)[O-])ccc1NC(=O)Nc1ccc([N+](=O)[O-])cc1C. The van der Waals surface area contributed by atoms with Gasteiger partial charge in [0.05, 0.1) is 9.85 Å².